The molecule has 1 unspecified atom stereocenters. The lowest BCUT2D eigenvalue weighted by Crippen LogP contribution is -2.48. The van der Waals surface area contributed by atoms with Crippen LogP contribution in [-0.4, -0.2) is 52.8 Å². The molecule has 2 heterocycles. The summed E-state index contributed by atoms with van der Waals surface area (Å²) in [4.78, 5) is 19.2. The van der Waals surface area contributed by atoms with Gasteiger partial charge in [-0.25, -0.2) is 18.7 Å². The predicted molar refractivity (Wildman–Crippen MR) is 138 cm³/mol. The largest absolute Gasteiger partial charge is 0.497 e. The molecule has 7 nitrogen and oxygen atoms in total. The number of fused-ring (bicyclic) bond motifs is 1. The van der Waals surface area contributed by atoms with Crippen LogP contribution in [0.4, 0.5) is 13.2 Å². The minimum absolute atomic E-state index is 0.0305. The van der Waals surface area contributed by atoms with Crippen LogP contribution < -0.4 is 10.2 Å². The Morgan fingerprint density at radius 3 is 2.54 bits per heavy atom. The van der Waals surface area contributed by atoms with Crippen molar-refractivity contribution in [2.24, 2.45) is 5.41 Å². The number of ether oxygens (including phenoxy) is 1. The van der Waals surface area contributed by atoms with Crippen LogP contribution in [-0.2, 0) is 4.79 Å². The summed E-state index contributed by atoms with van der Waals surface area (Å²) in [6.07, 6.45) is 2.28. The summed E-state index contributed by atoms with van der Waals surface area (Å²) in [5.74, 6) is 1.48. The van der Waals surface area contributed by atoms with E-state index in [1.54, 1.807) is 24.9 Å². The topological polar surface area (TPSA) is 94.9 Å². The second-order valence-electron chi connectivity index (χ2n) is 9.85. The molecule has 39 heavy (non-hydrogen) atoms. The summed E-state index contributed by atoms with van der Waals surface area (Å²) in [7, 11) is 1.57. The molecule has 2 aromatic carbocycles. The zero-order valence-corrected chi connectivity index (χ0v) is 21.7. The standard InChI is InChI=1S/C29H30F3N3O4/c1-18-17-33-24-6-5-20(39-2)16-21(24)26(18)25(36)7-8-29(28(37)34-38)9-12-35(13-10-29)11-3-4-19-14-22(30)27(32)23(31)15-19/h5-6,14-17,25,36,38H,7-13H2,1-2H3,(H,34,37). The first kappa shape index (κ1) is 28.4. The van der Waals surface area contributed by atoms with Crippen molar-refractivity contribution >= 4 is 16.8 Å². The Labute approximate surface area is 224 Å². The third-order valence-corrected chi connectivity index (χ3v) is 7.46. The molecule has 0 bridgehead atoms. The number of likely N-dealkylation sites (tertiary alicyclic amines) is 1. The van der Waals surface area contributed by atoms with Crippen LogP contribution in [0.25, 0.3) is 10.9 Å². The quantitative estimate of drug-likeness (QED) is 0.177. The number of pyridine rings is 1. The summed E-state index contributed by atoms with van der Waals surface area (Å²) in [5.41, 5.74) is 3.19. The number of rotatable bonds is 7. The van der Waals surface area contributed by atoms with Crippen LogP contribution in [0, 0.1) is 41.6 Å². The number of methoxy groups -OCH3 is 1. The molecule has 206 valence electrons. The van der Waals surface area contributed by atoms with Gasteiger partial charge in [0.15, 0.2) is 17.5 Å². The maximum Gasteiger partial charge on any atom is 0.249 e. The average molecular weight is 542 g/mol. The summed E-state index contributed by atoms with van der Waals surface area (Å²) < 4.78 is 45.3. The van der Waals surface area contributed by atoms with Gasteiger partial charge in [0.25, 0.3) is 0 Å². The molecular weight excluding hydrogens is 511 g/mol. The van der Waals surface area contributed by atoms with E-state index >= 15 is 0 Å². The number of carbonyl (C=O) groups excluding carboxylic acids is 1. The molecule has 3 aromatic rings. The van der Waals surface area contributed by atoms with Gasteiger partial charge in [-0.3, -0.25) is 19.9 Å². The van der Waals surface area contributed by atoms with Crippen molar-refractivity contribution in [3.05, 3.63) is 70.7 Å². The first-order chi connectivity index (χ1) is 18.7. The highest BCUT2D eigenvalue weighted by Crippen LogP contribution is 2.40. The zero-order chi connectivity index (χ0) is 28.2. The van der Waals surface area contributed by atoms with Gasteiger partial charge in [0.1, 0.15) is 5.75 Å². The number of aryl methyl sites for hydroxylation is 1. The van der Waals surface area contributed by atoms with Gasteiger partial charge in [0, 0.05) is 30.2 Å². The fraction of sp³-hybridized carbons (Fsp3) is 0.379. The van der Waals surface area contributed by atoms with E-state index in [1.807, 2.05) is 24.0 Å². The van der Waals surface area contributed by atoms with Crippen molar-refractivity contribution in [2.45, 2.75) is 38.7 Å². The van der Waals surface area contributed by atoms with Crippen LogP contribution >= 0.6 is 0 Å². The Morgan fingerprint density at radius 2 is 1.90 bits per heavy atom. The molecule has 1 amide bonds. The summed E-state index contributed by atoms with van der Waals surface area (Å²) in [6.45, 7) is 3.12. The Morgan fingerprint density at radius 1 is 1.21 bits per heavy atom. The molecule has 1 atom stereocenters. The Kier molecular flexibility index (Phi) is 8.75. The normalized spacial score (nSPS) is 15.9. The third kappa shape index (κ3) is 6.17. The molecule has 1 aliphatic heterocycles. The maximum absolute atomic E-state index is 13.4. The summed E-state index contributed by atoms with van der Waals surface area (Å²) in [5, 5.41) is 21.5. The van der Waals surface area contributed by atoms with Crippen LogP contribution in [0.1, 0.15) is 48.5 Å². The monoisotopic (exact) mass is 541 g/mol. The van der Waals surface area contributed by atoms with E-state index in [2.05, 4.69) is 16.8 Å². The van der Waals surface area contributed by atoms with Crippen LogP contribution in [0.2, 0.25) is 0 Å². The number of piperidine rings is 1. The minimum Gasteiger partial charge on any atom is -0.497 e. The molecule has 10 heteroatoms. The average Bonchev–Trinajstić information content (AvgIpc) is 2.94. The van der Waals surface area contributed by atoms with Crippen molar-refractivity contribution in [3.63, 3.8) is 0 Å². The smallest absolute Gasteiger partial charge is 0.249 e. The van der Waals surface area contributed by atoms with Gasteiger partial charge < -0.3 is 9.84 Å². The highest BCUT2D eigenvalue weighted by atomic mass is 19.2. The number of hydrogen-bond acceptors (Lipinski definition) is 6. The number of benzene rings is 2. The lowest BCUT2D eigenvalue weighted by molar-refractivity contribution is -0.143. The fourth-order valence-electron chi connectivity index (χ4n) is 5.15. The van der Waals surface area contributed by atoms with Crippen molar-refractivity contribution in [1.29, 1.82) is 0 Å². The van der Waals surface area contributed by atoms with Gasteiger partial charge in [-0.05, 0) is 74.1 Å². The van der Waals surface area contributed by atoms with Crippen LogP contribution in [0.5, 0.6) is 5.75 Å². The molecule has 3 N–H and O–H groups in total. The molecule has 0 saturated carbocycles. The van der Waals surface area contributed by atoms with E-state index in [-0.39, 0.29) is 18.5 Å². The number of carbonyl (C=O) groups is 1. The number of nitrogens with zero attached hydrogens (tertiary/aromatic N) is 2. The predicted octanol–water partition coefficient (Wildman–Crippen LogP) is 4.42. The van der Waals surface area contributed by atoms with Crippen molar-refractivity contribution in [2.75, 3.05) is 26.7 Å². The van der Waals surface area contributed by atoms with E-state index in [9.17, 15) is 28.3 Å². The van der Waals surface area contributed by atoms with E-state index < -0.39 is 34.9 Å². The molecule has 0 radical (unpaired) electrons. The number of halogens is 3. The molecule has 0 aliphatic carbocycles. The van der Waals surface area contributed by atoms with E-state index in [0.29, 0.717) is 38.1 Å². The lowest BCUT2D eigenvalue weighted by atomic mass is 9.73. The Bertz CT molecular complexity index is 1410. The third-order valence-electron chi connectivity index (χ3n) is 7.46. The summed E-state index contributed by atoms with van der Waals surface area (Å²) >= 11 is 0. The molecule has 1 fully saturated rings. The fourth-order valence-corrected chi connectivity index (χ4v) is 5.15. The Balaban J connectivity index is 1.44. The van der Waals surface area contributed by atoms with Gasteiger partial charge >= 0.3 is 0 Å². The molecule has 1 saturated heterocycles. The number of aromatic nitrogens is 1. The maximum atomic E-state index is 13.4. The molecular formula is C29H30F3N3O4. The first-order valence-corrected chi connectivity index (χ1v) is 12.6. The lowest BCUT2D eigenvalue weighted by Gasteiger charge is -2.40. The van der Waals surface area contributed by atoms with Crippen molar-refractivity contribution in [1.82, 2.24) is 15.4 Å². The number of hydroxylamine groups is 1. The minimum atomic E-state index is -1.53. The van der Waals surface area contributed by atoms with Crippen LogP contribution in [0.3, 0.4) is 0 Å². The number of hydrogen-bond donors (Lipinski definition) is 3. The van der Waals surface area contributed by atoms with Gasteiger partial charge in [0.05, 0.1) is 30.7 Å². The zero-order valence-electron chi connectivity index (χ0n) is 21.7. The van der Waals surface area contributed by atoms with E-state index in [4.69, 9.17) is 4.74 Å². The molecule has 0 spiro atoms. The number of aliphatic hydroxyl groups is 1. The second kappa shape index (κ2) is 12.0. The highest BCUT2D eigenvalue weighted by molar-refractivity contribution is 5.85. The molecule has 1 aliphatic rings. The van der Waals surface area contributed by atoms with Gasteiger partial charge in [0.2, 0.25) is 5.91 Å². The number of nitrogens with one attached hydrogen (secondary N) is 1. The summed E-state index contributed by atoms with van der Waals surface area (Å²) in [6, 6.07) is 7.14. The first-order valence-electron chi connectivity index (χ1n) is 12.6. The van der Waals surface area contributed by atoms with E-state index in [0.717, 1.165) is 34.2 Å². The second-order valence-corrected chi connectivity index (χ2v) is 9.85. The van der Waals surface area contributed by atoms with Gasteiger partial charge in [-0.15, -0.1) is 0 Å². The number of amides is 1. The Hall–Kier alpha value is -3.65. The van der Waals surface area contributed by atoms with Crippen molar-refractivity contribution in [3.8, 4) is 17.6 Å². The van der Waals surface area contributed by atoms with Gasteiger partial charge in [-0.2, -0.15) is 0 Å². The highest BCUT2D eigenvalue weighted by Gasteiger charge is 2.41. The molecule has 1 aromatic heterocycles. The SMILES string of the molecule is COc1ccc2ncc(C)c(C(O)CCC3(C(=O)NO)CCN(CC#Cc4cc(F)c(F)c(F)c4)CC3)c2c1. The van der Waals surface area contributed by atoms with Gasteiger partial charge in [-0.1, -0.05) is 11.8 Å². The number of aliphatic hydroxyl groups excluding tert-OH is 1. The van der Waals surface area contributed by atoms with Crippen molar-refractivity contribution < 1.29 is 33.0 Å². The molecule has 4 rings (SSSR count). The van der Waals surface area contributed by atoms with E-state index in [1.165, 1.54) is 0 Å². The van der Waals surface area contributed by atoms with Crippen LogP contribution in [0.15, 0.2) is 36.5 Å².